The first-order valence-corrected chi connectivity index (χ1v) is 17.4. The Balaban J connectivity index is 1.60. The summed E-state index contributed by atoms with van der Waals surface area (Å²) in [5, 5.41) is 9.82. The number of hydrogen-bond acceptors (Lipinski definition) is 6. The molecule has 2 amide bonds. The average Bonchev–Trinajstić information content (AvgIpc) is 3.37. The number of anilines is 3. The number of aryl methyl sites for hydroxylation is 1. The molecule has 2 aromatic carbocycles. The molecule has 1 saturated heterocycles. The minimum Gasteiger partial charge on any atom is -0.469 e. The Morgan fingerprint density at radius 1 is 1.15 bits per heavy atom. The maximum Gasteiger partial charge on any atom is 0.305 e. The van der Waals surface area contributed by atoms with Gasteiger partial charge >= 0.3 is 5.97 Å². The number of amides is 2. The summed E-state index contributed by atoms with van der Waals surface area (Å²) in [6, 6.07) is 13.4. The van der Waals surface area contributed by atoms with E-state index in [1.54, 1.807) is 22.9 Å². The fraction of sp³-hybridized carbons (Fsp3) is 0.516. The number of carbonyl (C=O) groups is 3. The molecular weight excluding hydrogens is 543 g/mol. The van der Waals surface area contributed by atoms with E-state index in [1.165, 1.54) is 7.11 Å². The normalized spacial score (nSPS) is 25.6. The zero-order valence-electron chi connectivity index (χ0n) is 24.2. The minimum atomic E-state index is -3.33. The summed E-state index contributed by atoms with van der Waals surface area (Å²) < 4.78 is 27.2. The van der Waals surface area contributed by atoms with Crippen LogP contribution in [0, 0.1) is 5.92 Å². The van der Waals surface area contributed by atoms with Crippen LogP contribution in [0.5, 0.6) is 0 Å². The standard InChI is InChI=1S/C31H39FN2O6Si/c1-20-29(41(3,4)32)26(16-18-35)40-31(20)23-19-22(34-24-10-6-5-9-21(24)12-15-27(34)36)13-14-25(23)33(30(31)38)17-8-7-11-28(37)39-2/h5-6,9-10,13-14,19-20,26,29,35H,7-8,11-12,15-18H2,1-4H3/t20-,26+,29-,31+/m1/s1. The highest BCUT2D eigenvalue weighted by molar-refractivity contribution is 6.72. The van der Waals surface area contributed by atoms with Crippen molar-refractivity contribution in [2.45, 2.75) is 75.8 Å². The average molecular weight is 583 g/mol. The van der Waals surface area contributed by atoms with E-state index in [1.807, 2.05) is 49.4 Å². The van der Waals surface area contributed by atoms with Crippen molar-refractivity contribution >= 4 is 43.3 Å². The summed E-state index contributed by atoms with van der Waals surface area (Å²) in [5.74, 6) is -1.08. The first kappa shape index (κ1) is 29.4. The number of para-hydroxylation sites is 1. The summed E-state index contributed by atoms with van der Waals surface area (Å²) in [7, 11) is -1.98. The summed E-state index contributed by atoms with van der Waals surface area (Å²) >= 11 is 0. The van der Waals surface area contributed by atoms with Crippen LogP contribution >= 0.6 is 0 Å². The summed E-state index contributed by atoms with van der Waals surface area (Å²) in [4.78, 5) is 42.7. The molecule has 1 fully saturated rings. The van der Waals surface area contributed by atoms with Crippen molar-refractivity contribution in [3.05, 3.63) is 53.6 Å². The number of methoxy groups -OCH3 is 1. The van der Waals surface area contributed by atoms with E-state index in [0.717, 1.165) is 11.3 Å². The molecule has 0 aliphatic carbocycles. The third-order valence-electron chi connectivity index (χ3n) is 8.95. The molecule has 5 rings (SSSR count). The van der Waals surface area contributed by atoms with Gasteiger partial charge in [-0.05, 0) is 68.6 Å². The number of halogens is 1. The van der Waals surface area contributed by atoms with E-state index >= 15 is 4.11 Å². The third-order valence-corrected chi connectivity index (χ3v) is 11.4. The van der Waals surface area contributed by atoms with Gasteiger partial charge in [0.1, 0.15) is 0 Å². The summed E-state index contributed by atoms with van der Waals surface area (Å²) in [5.41, 5.74) is 1.87. The Kier molecular flexibility index (Phi) is 8.11. The van der Waals surface area contributed by atoms with Gasteiger partial charge in [0.15, 0.2) is 5.60 Å². The Morgan fingerprint density at radius 3 is 2.61 bits per heavy atom. The second-order valence-corrected chi connectivity index (χ2v) is 15.6. The van der Waals surface area contributed by atoms with Gasteiger partial charge in [0, 0.05) is 48.7 Å². The monoisotopic (exact) mass is 582 g/mol. The van der Waals surface area contributed by atoms with Crippen molar-refractivity contribution in [1.82, 2.24) is 0 Å². The molecule has 0 unspecified atom stereocenters. The van der Waals surface area contributed by atoms with E-state index in [9.17, 15) is 19.5 Å². The van der Waals surface area contributed by atoms with Gasteiger partial charge in [-0.2, -0.15) is 0 Å². The molecule has 2 aromatic rings. The van der Waals surface area contributed by atoms with Crippen LogP contribution in [0.1, 0.15) is 50.2 Å². The second kappa shape index (κ2) is 11.3. The molecule has 0 aromatic heterocycles. The van der Waals surface area contributed by atoms with Gasteiger partial charge in [-0.15, -0.1) is 0 Å². The van der Waals surface area contributed by atoms with Crippen molar-refractivity contribution in [2.24, 2.45) is 5.92 Å². The number of ether oxygens (including phenoxy) is 2. The number of rotatable bonds is 9. The van der Waals surface area contributed by atoms with E-state index in [-0.39, 0.29) is 37.2 Å². The largest absolute Gasteiger partial charge is 0.469 e. The maximum atomic E-state index is 15.9. The number of aliphatic hydroxyl groups excluding tert-OH is 1. The van der Waals surface area contributed by atoms with Crippen molar-refractivity contribution < 1.29 is 33.1 Å². The lowest BCUT2D eigenvalue weighted by Crippen LogP contribution is -2.45. The predicted molar refractivity (Wildman–Crippen MR) is 156 cm³/mol. The summed E-state index contributed by atoms with van der Waals surface area (Å²) in [6.45, 7) is 5.33. The van der Waals surface area contributed by atoms with Crippen LogP contribution in [-0.4, -0.2) is 57.7 Å². The van der Waals surface area contributed by atoms with E-state index in [2.05, 4.69) is 0 Å². The van der Waals surface area contributed by atoms with Crippen LogP contribution in [0.2, 0.25) is 18.6 Å². The van der Waals surface area contributed by atoms with Crippen LogP contribution in [0.15, 0.2) is 42.5 Å². The molecule has 8 nitrogen and oxygen atoms in total. The fourth-order valence-corrected chi connectivity index (χ4v) is 9.69. The number of benzene rings is 2. The lowest BCUT2D eigenvalue weighted by atomic mass is 9.82. The van der Waals surface area contributed by atoms with Gasteiger partial charge in [-0.1, -0.05) is 25.1 Å². The van der Waals surface area contributed by atoms with E-state index in [0.29, 0.717) is 49.2 Å². The molecular formula is C31H39FN2O6Si. The van der Waals surface area contributed by atoms with Crippen LogP contribution in [0.4, 0.5) is 21.2 Å². The van der Waals surface area contributed by atoms with Gasteiger partial charge in [0.05, 0.1) is 24.6 Å². The Bertz CT molecular complexity index is 1350. The lowest BCUT2D eigenvalue weighted by molar-refractivity contribution is -0.146. The number of esters is 1. The lowest BCUT2D eigenvalue weighted by Gasteiger charge is -2.32. The van der Waals surface area contributed by atoms with Crippen LogP contribution in [0.25, 0.3) is 0 Å². The van der Waals surface area contributed by atoms with Crippen LogP contribution < -0.4 is 9.80 Å². The predicted octanol–water partition coefficient (Wildman–Crippen LogP) is 5.14. The first-order valence-electron chi connectivity index (χ1n) is 14.5. The summed E-state index contributed by atoms with van der Waals surface area (Å²) in [6.07, 6.45) is 2.03. The van der Waals surface area contributed by atoms with E-state index in [4.69, 9.17) is 9.47 Å². The molecule has 3 aliphatic heterocycles. The molecule has 1 N–H and O–H groups in total. The number of fused-ring (bicyclic) bond motifs is 3. The van der Waals surface area contributed by atoms with E-state index < -0.39 is 31.6 Å². The molecule has 10 heteroatoms. The molecule has 41 heavy (non-hydrogen) atoms. The topological polar surface area (TPSA) is 96.4 Å². The zero-order chi connectivity index (χ0) is 29.5. The van der Waals surface area contributed by atoms with Crippen molar-refractivity contribution in [3.8, 4) is 0 Å². The molecule has 4 atom stereocenters. The van der Waals surface area contributed by atoms with Crippen LogP contribution in [0.3, 0.4) is 0 Å². The third kappa shape index (κ3) is 5.00. The minimum absolute atomic E-state index is 0.0320. The van der Waals surface area contributed by atoms with Gasteiger partial charge in [0.2, 0.25) is 14.3 Å². The number of aliphatic hydroxyl groups is 1. The zero-order valence-corrected chi connectivity index (χ0v) is 25.2. The maximum absolute atomic E-state index is 15.9. The highest BCUT2D eigenvalue weighted by atomic mass is 28.4. The van der Waals surface area contributed by atoms with Gasteiger partial charge < -0.3 is 23.6 Å². The fourth-order valence-electron chi connectivity index (χ4n) is 7.15. The molecule has 0 bridgehead atoms. The molecule has 1 spiro atoms. The van der Waals surface area contributed by atoms with Gasteiger partial charge in [-0.25, -0.2) is 0 Å². The Morgan fingerprint density at radius 2 is 1.90 bits per heavy atom. The number of nitrogens with zero attached hydrogens (tertiary/aromatic N) is 2. The second-order valence-electron chi connectivity index (χ2n) is 11.8. The molecule has 220 valence electrons. The molecule has 0 radical (unpaired) electrons. The molecule has 3 aliphatic rings. The van der Waals surface area contributed by atoms with Crippen molar-refractivity contribution in [3.63, 3.8) is 0 Å². The van der Waals surface area contributed by atoms with Crippen LogP contribution in [-0.2, 0) is 35.9 Å². The number of unbranched alkanes of at least 4 members (excludes halogenated alkanes) is 1. The van der Waals surface area contributed by atoms with Gasteiger partial charge in [0.25, 0.3) is 5.91 Å². The smallest absolute Gasteiger partial charge is 0.305 e. The Hall–Kier alpha value is -3.08. The first-order chi connectivity index (χ1) is 19.5. The van der Waals surface area contributed by atoms with Crippen molar-refractivity contribution in [1.29, 1.82) is 0 Å². The van der Waals surface area contributed by atoms with Gasteiger partial charge in [-0.3, -0.25) is 19.3 Å². The number of hydrogen-bond donors (Lipinski definition) is 1. The SMILES string of the molecule is COC(=O)CCCCN1C(=O)[C@@]2(O[C@@H](CCO)[C@H]([Si](C)(C)F)[C@H]2C)c2cc(N3C(=O)CCc4ccccc43)ccc21. The Labute approximate surface area is 241 Å². The molecule has 3 heterocycles. The highest BCUT2D eigenvalue weighted by Crippen LogP contribution is 2.60. The molecule has 0 saturated carbocycles. The number of carbonyl (C=O) groups excluding carboxylic acids is 3. The van der Waals surface area contributed by atoms with Crippen molar-refractivity contribution in [2.75, 3.05) is 30.1 Å². The highest BCUT2D eigenvalue weighted by Gasteiger charge is 2.66. The quantitative estimate of drug-likeness (QED) is 0.190.